The largest absolute Gasteiger partial charge is 0.490 e. The highest BCUT2D eigenvalue weighted by Crippen LogP contribution is 2.37. The van der Waals surface area contributed by atoms with Gasteiger partial charge in [0, 0.05) is 10.4 Å². The molecule has 39 heavy (non-hydrogen) atoms. The molecular formula is C30H27Cl2N3O4. The van der Waals surface area contributed by atoms with E-state index in [0.29, 0.717) is 62.6 Å². The molecule has 5 aromatic rings. The minimum Gasteiger partial charge on any atom is -0.490 e. The predicted octanol–water partition coefficient (Wildman–Crippen LogP) is 7.82. The first kappa shape index (κ1) is 26.8. The van der Waals surface area contributed by atoms with Crippen LogP contribution in [0.3, 0.4) is 0 Å². The first-order valence-corrected chi connectivity index (χ1v) is 13.2. The van der Waals surface area contributed by atoms with Crippen LogP contribution < -0.4 is 15.0 Å². The number of aromatic nitrogens is 2. The second-order valence-electron chi connectivity index (χ2n) is 10.2. The minimum atomic E-state index is -0.341. The van der Waals surface area contributed by atoms with Crippen LogP contribution in [0.2, 0.25) is 10.0 Å². The summed E-state index contributed by atoms with van der Waals surface area (Å²) in [6.07, 6.45) is 1.53. The molecule has 0 bridgehead atoms. The molecule has 3 aromatic carbocycles. The molecule has 0 saturated heterocycles. The van der Waals surface area contributed by atoms with Crippen molar-refractivity contribution in [2.24, 2.45) is 10.5 Å². The highest BCUT2D eigenvalue weighted by molar-refractivity contribution is 6.32. The van der Waals surface area contributed by atoms with Gasteiger partial charge in [-0.2, -0.15) is 9.78 Å². The van der Waals surface area contributed by atoms with E-state index in [2.05, 4.69) is 25.9 Å². The number of hydrogen-bond donors (Lipinski definition) is 0. The molecule has 0 aliphatic rings. The molecule has 200 valence electrons. The fourth-order valence-corrected chi connectivity index (χ4v) is 4.45. The standard InChI is InChI=1S/C30H27Cl2N3O4/c1-5-37-25-13-18(12-22(32)27(25)38-17-30(2,3)4)16-33-35-28(34-23-9-7-6-8-21(23)29(35)36)26-15-19-14-20(31)10-11-24(19)39-26/h6-16H,5,17H2,1-4H3. The lowest BCUT2D eigenvalue weighted by molar-refractivity contribution is 0.189. The zero-order valence-corrected chi connectivity index (χ0v) is 23.5. The summed E-state index contributed by atoms with van der Waals surface area (Å²) in [5, 5.41) is 6.69. The van der Waals surface area contributed by atoms with Gasteiger partial charge in [0.25, 0.3) is 5.56 Å². The molecule has 0 unspecified atom stereocenters. The third kappa shape index (κ3) is 5.79. The van der Waals surface area contributed by atoms with E-state index in [9.17, 15) is 4.79 Å². The second-order valence-corrected chi connectivity index (χ2v) is 11.1. The van der Waals surface area contributed by atoms with E-state index in [-0.39, 0.29) is 16.8 Å². The van der Waals surface area contributed by atoms with Gasteiger partial charge >= 0.3 is 0 Å². The summed E-state index contributed by atoms with van der Waals surface area (Å²) in [5.41, 5.74) is 1.37. The first-order valence-electron chi connectivity index (χ1n) is 12.5. The number of nitrogens with zero attached hydrogens (tertiary/aromatic N) is 3. The molecule has 2 aromatic heterocycles. The summed E-state index contributed by atoms with van der Waals surface area (Å²) in [6, 6.07) is 17.7. The fraction of sp³-hybridized carbons (Fsp3) is 0.233. The molecule has 5 rings (SSSR count). The van der Waals surface area contributed by atoms with Crippen LogP contribution in [-0.4, -0.2) is 29.1 Å². The van der Waals surface area contributed by atoms with Crippen molar-refractivity contribution >= 4 is 51.3 Å². The van der Waals surface area contributed by atoms with Gasteiger partial charge in [-0.25, -0.2) is 4.98 Å². The van der Waals surface area contributed by atoms with Crippen molar-refractivity contribution in [1.82, 2.24) is 9.66 Å². The Bertz CT molecular complexity index is 1770. The zero-order chi connectivity index (χ0) is 27.7. The van der Waals surface area contributed by atoms with Crippen molar-refractivity contribution in [3.8, 4) is 23.1 Å². The van der Waals surface area contributed by atoms with E-state index >= 15 is 0 Å². The van der Waals surface area contributed by atoms with Crippen molar-refractivity contribution in [1.29, 1.82) is 0 Å². The third-order valence-corrected chi connectivity index (χ3v) is 6.27. The van der Waals surface area contributed by atoms with Crippen LogP contribution in [-0.2, 0) is 0 Å². The predicted molar refractivity (Wildman–Crippen MR) is 157 cm³/mol. The van der Waals surface area contributed by atoms with E-state index in [1.807, 2.05) is 13.0 Å². The Labute approximate surface area is 235 Å². The number of fused-ring (bicyclic) bond motifs is 2. The van der Waals surface area contributed by atoms with Gasteiger partial charge in [-0.15, -0.1) is 0 Å². The maximum absolute atomic E-state index is 13.6. The van der Waals surface area contributed by atoms with E-state index in [1.165, 1.54) is 10.9 Å². The highest BCUT2D eigenvalue weighted by Gasteiger charge is 2.19. The average Bonchev–Trinajstić information content (AvgIpc) is 3.30. The Kier molecular flexibility index (Phi) is 7.38. The number of halogens is 2. The van der Waals surface area contributed by atoms with E-state index in [4.69, 9.17) is 42.1 Å². The van der Waals surface area contributed by atoms with Gasteiger partial charge in [0.15, 0.2) is 17.3 Å². The maximum atomic E-state index is 13.6. The van der Waals surface area contributed by atoms with Crippen molar-refractivity contribution in [3.63, 3.8) is 0 Å². The smallest absolute Gasteiger partial charge is 0.282 e. The molecule has 0 radical (unpaired) electrons. The monoisotopic (exact) mass is 563 g/mol. The number of benzene rings is 3. The SMILES string of the molecule is CCOc1cc(C=Nn2c(-c3cc4cc(Cl)ccc4o3)nc3ccccc3c2=O)cc(Cl)c1OCC(C)(C)C. The second kappa shape index (κ2) is 10.8. The van der Waals surface area contributed by atoms with Crippen LogP contribution in [0.1, 0.15) is 33.3 Å². The summed E-state index contributed by atoms with van der Waals surface area (Å²) in [6.45, 7) is 9.00. The van der Waals surface area contributed by atoms with Crippen LogP contribution in [0, 0.1) is 5.41 Å². The van der Waals surface area contributed by atoms with Crippen molar-refractivity contribution in [2.45, 2.75) is 27.7 Å². The quantitative estimate of drug-likeness (QED) is 0.188. The van der Waals surface area contributed by atoms with Crippen LogP contribution in [0.5, 0.6) is 11.5 Å². The number of ether oxygens (including phenoxy) is 2. The Morgan fingerprint density at radius 3 is 2.62 bits per heavy atom. The molecule has 0 atom stereocenters. The van der Waals surface area contributed by atoms with Crippen LogP contribution >= 0.6 is 23.2 Å². The number of furan rings is 1. The van der Waals surface area contributed by atoms with Crippen molar-refractivity contribution < 1.29 is 13.9 Å². The molecule has 7 nitrogen and oxygen atoms in total. The number of rotatable bonds is 7. The lowest BCUT2D eigenvalue weighted by Crippen LogP contribution is -2.20. The lowest BCUT2D eigenvalue weighted by Gasteiger charge is -2.21. The van der Waals surface area contributed by atoms with Crippen molar-refractivity contribution in [2.75, 3.05) is 13.2 Å². The minimum absolute atomic E-state index is 0.0599. The molecule has 9 heteroatoms. The zero-order valence-electron chi connectivity index (χ0n) is 22.0. The van der Waals surface area contributed by atoms with Crippen molar-refractivity contribution in [3.05, 3.63) is 86.6 Å². The molecule has 0 fully saturated rings. The van der Waals surface area contributed by atoms with Crippen LogP contribution in [0.15, 0.2) is 75.0 Å². The van der Waals surface area contributed by atoms with E-state index in [1.54, 1.807) is 54.6 Å². The summed E-state index contributed by atoms with van der Waals surface area (Å²) in [4.78, 5) is 18.3. The molecule has 0 spiro atoms. The molecule has 0 saturated carbocycles. The number of hydrogen-bond acceptors (Lipinski definition) is 6. The Morgan fingerprint density at radius 2 is 1.85 bits per heavy atom. The Hall–Kier alpha value is -3.81. The first-order chi connectivity index (χ1) is 18.6. The van der Waals surface area contributed by atoms with Gasteiger partial charge in [-0.3, -0.25) is 4.79 Å². The molecular weight excluding hydrogens is 537 g/mol. The van der Waals surface area contributed by atoms with Gasteiger partial charge in [-0.1, -0.05) is 56.1 Å². The molecule has 0 N–H and O–H groups in total. The van der Waals surface area contributed by atoms with Gasteiger partial charge in [-0.05, 0) is 66.4 Å². The van der Waals surface area contributed by atoms with Gasteiger partial charge in [0.2, 0.25) is 5.82 Å². The molecule has 0 aliphatic heterocycles. The molecule has 2 heterocycles. The molecule has 0 amide bonds. The Balaban J connectivity index is 1.61. The van der Waals surface area contributed by atoms with Gasteiger partial charge < -0.3 is 13.9 Å². The number of para-hydroxylation sites is 1. The van der Waals surface area contributed by atoms with Crippen LogP contribution in [0.4, 0.5) is 0 Å². The summed E-state index contributed by atoms with van der Waals surface area (Å²) >= 11 is 12.8. The topological polar surface area (TPSA) is 78.9 Å². The summed E-state index contributed by atoms with van der Waals surface area (Å²) < 4.78 is 19.1. The summed E-state index contributed by atoms with van der Waals surface area (Å²) in [7, 11) is 0. The molecule has 0 aliphatic carbocycles. The van der Waals surface area contributed by atoms with E-state index < -0.39 is 0 Å². The van der Waals surface area contributed by atoms with Gasteiger partial charge in [0.05, 0.1) is 35.4 Å². The highest BCUT2D eigenvalue weighted by atomic mass is 35.5. The van der Waals surface area contributed by atoms with Gasteiger partial charge in [0.1, 0.15) is 5.58 Å². The van der Waals surface area contributed by atoms with E-state index in [0.717, 1.165) is 5.39 Å². The fourth-order valence-electron chi connectivity index (χ4n) is 3.99. The van der Waals surface area contributed by atoms with Crippen LogP contribution in [0.25, 0.3) is 33.5 Å². The lowest BCUT2D eigenvalue weighted by atomic mass is 9.99. The summed E-state index contributed by atoms with van der Waals surface area (Å²) in [5.74, 6) is 1.60. The maximum Gasteiger partial charge on any atom is 0.282 e. The third-order valence-electron chi connectivity index (χ3n) is 5.76. The normalized spacial score (nSPS) is 12.1. The Morgan fingerprint density at radius 1 is 1.05 bits per heavy atom. The average molecular weight is 564 g/mol.